The topological polar surface area (TPSA) is 223 Å². The summed E-state index contributed by atoms with van der Waals surface area (Å²) in [5, 5.41) is 2.88. The molecule has 284 valence electrons. The number of nitrogens with zero attached hydrogens (tertiary/aromatic N) is 4. The summed E-state index contributed by atoms with van der Waals surface area (Å²) in [4.78, 5) is 80.9. The van der Waals surface area contributed by atoms with Gasteiger partial charge in [-0.3, -0.25) is 29.5 Å². The van der Waals surface area contributed by atoms with Gasteiger partial charge < -0.3 is 19.5 Å². The van der Waals surface area contributed by atoms with Crippen molar-refractivity contribution in [2.45, 2.75) is 25.9 Å². The number of β-lactam (4-membered cyclic amide) rings is 1. The summed E-state index contributed by atoms with van der Waals surface area (Å²) in [6.07, 6.45) is 0.346. The van der Waals surface area contributed by atoms with E-state index in [2.05, 4.69) is 15.7 Å². The van der Waals surface area contributed by atoms with Crippen molar-refractivity contribution in [3.8, 4) is 11.5 Å². The van der Waals surface area contributed by atoms with Crippen molar-refractivity contribution in [1.29, 1.82) is 0 Å². The average Bonchev–Trinajstić information content (AvgIpc) is 3.19. The molecule has 19 heteroatoms. The van der Waals surface area contributed by atoms with Crippen molar-refractivity contribution in [1.82, 2.24) is 34.7 Å². The maximum Gasteiger partial charge on any atom is 0.408 e. The molecule has 7 amide bonds. The number of carbonyl (C=O) groups is 6. The minimum absolute atomic E-state index is 0.0697. The van der Waals surface area contributed by atoms with Gasteiger partial charge in [0.25, 0.3) is 11.8 Å². The molecule has 0 spiro atoms. The SMILES string of the molecule is O=C(N[C@H]1CN(C(=O)NS(=O)(=O)N2CCN(NC(=O)c3cc(OCc4ccccc4)c(OCc4ccccc4)cn3)C(=O)C2=O)C1=O)OCc1ccccc1. The van der Waals surface area contributed by atoms with Gasteiger partial charge in [-0.05, 0) is 16.7 Å². The summed E-state index contributed by atoms with van der Waals surface area (Å²) < 4.78 is 44.5. The van der Waals surface area contributed by atoms with E-state index in [0.29, 0.717) is 15.5 Å². The number of aromatic nitrogens is 1. The number of likely N-dealkylation sites (tertiary alicyclic amines) is 1. The zero-order chi connectivity index (χ0) is 39.0. The van der Waals surface area contributed by atoms with E-state index in [1.165, 1.54) is 12.3 Å². The molecule has 1 aromatic heterocycles. The third-order valence-corrected chi connectivity index (χ3v) is 9.50. The lowest BCUT2D eigenvalue weighted by molar-refractivity contribution is -0.154. The Morgan fingerprint density at radius 2 is 1.31 bits per heavy atom. The van der Waals surface area contributed by atoms with Crippen LogP contribution in [0.3, 0.4) is 0 Å². The zero-order valence-electron chi connectivity index (χ0n) is 28.8. The van der Waals surface area contributed by atoms with Crippen molar-refractivity contribution in [3.05, 3.63) is 126 Å². The maximum atomic E-state index is 13.2. The van der Waals surface area contributed by atoms with E-state index in [1.54, 1.807) is 35.1 Å². The number of pyridine rings is 1. The number of amides is 7. The lowest BCUT2D eigenvalue weighted by Gasteiger charge is -2.37. The maximum absolute atomic E-state index is 13.2. The third kappa shape index (κ3) is 9.32. The average molecular weight is 772 g/mol. The number of alkyl carbamates (subject to hydrolysis) is 1. The number of hydrazine groups is 1. The summed E-state index contributed by atoms with van der Waals surface area (Å²) in [6.45, 7) is -1.32. The Labute approximate surface area is 314 Å². The number of hydrogen-bond acceptors (Lipinski definition) is 12. The fraction of sp³-hybridized carbons (Fsp3) is 0.194. The Kier molecular flexibility index (Phi) is 11.5. The molecule has 0 bridgehead atoms. The first-order valence-corrected chi connectivity index (χ1v) is 18.1. The van der Waals surface area contributed by atoms with Gasteiger partial charge in [-0.2, -0.15) is 8.42 Å². The van der Waals surface area contributed by atoms with Gasteiger partial charge >= 0.3 is 34.1 Å². The van der Waals surface area contributed by atoms with E-state index in [9.17, 15) is 37.2 Å². The van der Waals surface area contributed by atoms with Crippen molar-refractivity contribution in [2.24, 2.45) is 0 Å². The molecular weight excluding hydrogens is 739 g/mol. The number of urea groups is 1. The number of benzene rings is 3. The van der Waals surface area contributed by atoms with Crippen LogP contribution in [-0.2, 0) is 49.2 Å². The number of ether oxygens (including phenoxy) is 3. The number of imide groups is 1. The standard InChI is InChI=1S/C36H33N7O11S/c44-31(27-18-29(52-21-24-10-4-1-5-11-24)30(19-37-27)53-22-25-12-6-2-7-13-25)39-42-16-17-43(34(47)33(42)46)55(50,51)40-35(48)41-20-28(32(41)45)38-36(49)54-23-26-14-8-3-9-15-26/h1-15,18-19,28H,16-17,20-23H2,(H,38,49)(H,39,44)(H,40,48)/t28-/m0/s1. The molecule has 3 N–H and O–H groups in total. The van der Waals surface area contributed by atoms with Gasteiger partial charge in [0.2, 0.25) is 0 Å². The Hall–Kier alpha value is -7.02. The lowest BCUT2D eigenvalue weighted by Crippen LogP contribution is -2.68. The first-order chi connectivity index (χ1) is 26.5. The normalized spacial score (nSPS) is 15.5. The van der Waals surface area contributed by atoms with E-state index < -0.39 is 65.1 Å². The Bertz CT molecular complexity index is 2190. The van der Waals surface area contributed by atoms with Crippen LogP contribution in [0.2, 0.25) is 0 Å². The first kappa shape index (κ1) is 37.7. The number of piperazine rings is 1. The van der Waals surface area contributed by atoms with Crippen LogP contribution in [0.1, 0.15) is 27.2 Å². The summed E-state index contributed by atoms with van der Waals surface area (Å²) in [5.41, 5.74) is 4.44. The summed E-state index contributed by atoms with van der Waals surface area (Å²) in [7, 11) is -4.98. The minimum atomic E-state index is -4.98. The molecular formula is C36H33N7O11S. The van der Waals surface area contributed by atoms with Crippen molar-refractivity contribution >= 4 is 46.0 Å². The quantitative estimate of drug-likeness (QED) is 0.130. The van der Waals surface area contributed by atoms with Crippen LogP contribution in [0.5, 0.6) is 11.5 Å². The smallest absolute Gasteiger partial charge is 0.408 e. The first-order valence-electron chi connectivity index (χ1n) is 16.6. The zero-order valence-corrected chi connectivity index (χ0v) is 29.6. The molecule has 3 heterocycles. The Morgan fingerprint density at radius 1 is 0.745 bits per heavy atom. The highest BCUT2D eigenvalue weighted by Gasteiger charge is 2.46. The fourth-order valence-electron chi connectivity index (χ4n) is 5.22. The number of nitrogens with one attached hydrogen (secondary N) is 3. The van der Waals surface area contributed by atoms with Crippen molar-refractivity contribution < 1.29 is 51.4 Å². The van der Waals surface area contributed by atoms with Crippen molar-refractivity contribution in [3.63, 3.8) is 0 Å². The molecule has 4 aromatic rings. The molecule has 55 heavy (non-hydrogen) atoms. The van der Waals surface area contributed by atoms with E-state index in [4.69, 9.17) is 14.2 Å². The van der Waals surface area contributed by atoms with Gasteiger partial charge in [0.1, 0.15) is 31.6 Å². The molecule has 18 nitrogen and oxygen atoms in total. The van der Waals surface area contributed by atoms with Gasteiger partial charge in [-0.1, -0.05) is 91.0 Å². The molecule has 2 aliphatic rings. The lowest BCUT2D eigenvalue weighted by atomic mass is 10.1. The molecule has 0 saturated carbocycles. The minimum Gasteiger partial charge on any atom is -0.485 e. The fourth-order valence-corrected chi connectivity index (χ4v) is 6.28. The second-order valence-corrected chi connectivity index (χ2v) is 13.6. The van der Waals surface area contributed by atoms with Crippen LogP contribution in [0.15, 0.2) is 103 Å². The van der Waals surface area contributed by atoms with Gasteiger partial charge in [0.15, 0.2) is 11.5 Å². The predicted molar refractivity (Wildman–Crippen MR) is 189 cm³/mol. The van der Waals surface area contributed by atoms with Gasteiger partial charge in [0, 0.05) is 6.07 Å². The van der Waals surface area contributed by atoms with E-state index in [-0.39, 0.29) is 47.9 Å². The van der Waals surface area contributed by atoms with E-state index in [0.717, 1.165) is 11.1 Å². The molecule has 0 aliphatic carbocycles. The largest absolute Gasteiger partial charge is 0.485 e. The number of hydrogen-bond donors (Lipinski definition) is 3. The highest BCUT2D eigenvalue weighted by Crippen LogP contribution is 2.29. The summed E-state index contributed by atoms with van der Waals surface area (Å²) >= 11 is 0. The van der Waals surface area contributed by atoms with E-state index in [1.807, 2.05) is 60.7 Å². The van der Waals surface area contributed by atoms with Crippen LogP contribution in [0, 0.1) is 0 Å². The molecule has 3 aromatic carbocycles. The molecule has 0 radical (unpaired) electrons. The van der Waals surface area contributed by atoms with Crippen LogP contribution >= 0.6 is 0 Å². The van der Waals surface area contributed by atoms with Crippen LogP contribution in [-0.4, -0.2) is 89.0 Å². The molecule has 2 aliphatic heterocycles. The van der Waals surface area contributed by atoms with Crippen molar-refractivity contribution in [2.75, 3.05) is 19.6 Å². The summed E-state index contributed by atoms with van der Waals surface area (Å²) in [5.74, 6) is -4.48. The molecule has 0 unspecified atom stereocenters. The van der Waals surface area contributed by atoms with Gasteiger partial charge in [-0.25, -0.2) is 28.6 Å². The van der Waals surface area contributed by atoms with Gasteiger partial charge in [-0.15, -0.1) is 0 Å². The highest BCUT2D eigenvalue weighted by molar-refractivity contribution is 7.88. The van der Waals surface area contributed by atoms with E-state index >= 15 is 0 Å². The second-order valence-electron chi connectivity index (χ2n) is 12.0. The number of carbonyl (C=O) groups excluding carboxylic acids is 6. The Balaban J connectivity index is 1.02. The van der Waals surface area contributed by atoms with Gasteiger partial charge in [0.05, 0.1) is 25.8 Å². The third-order valence-electron chi connectivity index (χ3n) is 8.14. The Morgan fingerprint density at radius 3 is 1.89 bits per heavy atom. The van der Waals surface area contributed by atoms with Crippen LogP contribution in [0.25, 0.3) is 0 Å². The molecule has 2 saturated heterocycles. The predicted octanol–water partition coefficient (Wildman–Crippen LogP) is 1.65. The number of rotatable bonds is 13. The second kappa shape index (κ2) is 16.8. The monoisotopic (exact) mass is 771 g/mol. The van der Waals surface area contributed by atoms with Crippen LogP contribution in [0.4, 0.5) is 9.59 Å². The molecule has 6 rings (SSSR count). The molecule has 2 fully saturated rings. The summed E-state index contributed by atoms with van der Waals surface area (Å²) in [6, 6.07) is 26.0. The highest BCUT2D eigenvalue weighted by atomic mass is 32.2. The molecule has 1 atom stereocenters. The van der Waals surface area contributed by atoms with Crippen LogP contribution < -0.4 is 24.9 Å².